The summed E-state index contributed by atoms with van der Waals surface area (Å²) in [5, 5.41) is 4.00. The van der Waals surface area contributed by atoms with Crippen molar-refractivity contribution in [3.63, 3.8) is 0 Å². The van der Waals surface area contributed by atoms with Crippen LogP contribution in [0.15, 0.2) is 36.4 Å². The summed E-state index contributed by atoms with van der Waals surface area (Å²) < 4.78 is 10.6. The van der Waals surface area contributed by atoms with Crippen molar-refractivity contribution in [2.75, 3.05) is 19.0 Å². The van der Waals surface area contributed by atoms with Crippen molar-refractivity contribution in [1.29, 1.82) is 0 Å². The molecular weight excluding hydrogens is 404 g/mol. The summed E-state index contributed by atoms with van der Waals surface area (Å²) in [7, 11) is 1.49. The molecule has 30 heavy (non-hydrogen) atoms. The predicted molar refractivity (Wildman–Crippen MR) is 115 cm³/mol. The van der Waals surface area contributed by atoms with Crippen LogP contribution in [-0.2, 0) is 22.4 Å². The van der Waals surface area contributed by atoms with Gasteiger partial charge in [0.05, 0.1) is 23.9 Å². The third-order valence-corrected chi connectivity index (χ3v) is 5.62. The zero-order valence-corrected chi connectivity index (χ0v) is 17.5. The van der Waals surface area contributed by atoms with E-state index in [2.05, 4.69) is 10.3 Å². The Morgan fingerprint density at radius 1 is 1.20 bits per heavy atom. The van der Waals surface area contributed by atoms with Crippen LogP contribution in [0.3, 0.4) is 0 Å². The zero-order valence-electron chi connectivity index (χ0n) is 16.8. The third-order valence-electron chi connectivity index (χ3n) is 5.21. The van der Waals surface area contributed by atoms with Crippen LogP contribution < -0.4 is 10.1 Å². The average molecular weight is 425 g/mol. The molecule has 7 heteroatoms. The molecule has 3 aromatic rings. The lowest BCUT2D eigenvalue weighted by atomic mass is 10.0. The van der Waals surface area contributed by atoms with E-state index in [0.29, 0.717) is 22.0 Å². The minimum absolute atomic E-state index is 0.408. The van der Waals surface area contributed by atoms with Crippen LogP contribution in [0.2, 0.25) is 5.02 Å². The molecule has 0 saturated heterocycles. The van der Waals surface area contributed by atoms with Crippen LogP contribution in [-0.4, -0.2) is 30.6 Å². The van der Waals surface area contributed by atoms with Crippen molar-refractivity contribution in [2.45, 2.75) is 26.2 Å². The topological polar surface area (TPSA) is 77.5 Å². The second-order valence-corrected chi connectivity index (χ2v) is 7.62. The first-order chi connectivity index (χ1) is 14.5. The number of aryl methyl sites for hydroxylation is 2. The fraction of sp³-hybridized carbons (Fsp3) is 0.261. The predicted octanol–water partition coefficient (Wildman–Crippen LogP) is 4.49. The molecule has 154 valence electrons. The van der Waals surface area contributed by atoms with Gasteiger partial charge in [0.2, 0.25) is 0 Å². The molecule has 0 saturated carbocycles. The van der Waals surface area contributed by atoms with Gasteiger partial charge in [0.1, 0.15) is 5.75 Å². The number of halogens is 1. The Balaban J connectivity index is 1.52. The smallest absolute Gasteiger partial charge is 0.339 e. The number of ether oxygens (including phenoxy) is 2. The highest BCUT2D eigenvalue weighted by Crippen LogP contribution is 2.32. The highest BCUT2D eigenvalue weighted by molar-refractivity contribution is 6.31. The van der Waals surface area contributed by atoms with Gasteiger partial charge in [-0.15, -0.1) is 0 Å². The molecule has 1 aliphatic rings. The Bertz CT molecular complexity index is 1160. The highest BCUT2D eigenvalue weighted by Gasteiger charge is 2.25. The van der Waals surface area contributed by atoms with E-state index >= 15 is 0 Å². The van der Waals surface area contributed by atoms with Crippen molar-refractivity contribution in [3.8, 4) is 5.75 Å². The maximum atomic E-state index is 12.9. The Hall–Kier alpha value is -3.12. The summed E-state index contributed by atoms with van der Waals surface area (Å²) in [6.07, 6.45) is 2.58. The van der Waals surface area contributed by atoms with E-state index in [0.717, 1.165) is 47.0 Å². The number of pyridine rings is 1. The van der Waals surface area contributed by atoms with Gasteiger partial charge in [0.25, 0.3) is 5.91 Å². The van der Waals surface area contributed by atoms with Crippen molar-refractivity contribution in [2.24, 2.45) is 0 Å². The number of amides is 1. The average Bonchev–Trinajstić information content (AvgIpc) is 3.20. The minimum Gasteiger partial charge on any atom is -0.495 e. The first-order valence-corrected chi connectivity index (χ1v) is 10.1. The molecule has 4 rings (SSSR count). The quantitative estimate of drug-likeness (QED) is 0.610. The Morgan fingerprint density at radius 2 is 2.00 bits per heavy atom. The van der Waals surface area contributed by atoms with Gasteiger partial charge in [-0.3, -0.25) is 9.78 Å². The monoisotopic (exact) mass is 424 g/mol. The van der Waals surface area contributed by atoms with Crippen LogP contribution in [0.5, 0.6) is 5.75 Å². The number of carbonyl (C=O) groups excluding carboxylic acids is 2. The maximum absolute atomic E-state index is 12.9. The number of nitrogens with one attached hydrogen (secondary N) is 1. The molecule has 1 aliphatic carbocycles. The molecule has 6 nitrogen and oxygen atoms in total. The van der Waals surface area contributed by atoms with E-state index in [1.807, 2.05) is 31.2 Å². The van der Waals surface area contributed by atoms with Crippen LogP contribution in [0, 0.1) is 6.92 Å². The van der Waals surface area contributed by atoms with Crippen LogP contribution in [0.1, 0.15) is 33.6 Å². The number of hydrogen-bond donors (Lipinski definition) is 1. The lowest BCUT2D eigenvalue weighted by Gasteiger charge is -2.14. The van der Waals surface area contributed by atoms with E-state index < -0.39 is 18.5 Å². The molecule has 0 radical (unpaired) electrons. The third kappa shape index (κ3) is 3.83. The summed E-state index contributed by atoms with van der Waals surface area (Å²) in [5.41, 5.74) is 4.40. The number of hydrogen-bond acceptors (Lipinski definition) is 5. The Kier molecular flexibility index (Phi) is 5.59. The summed E-state index contributed by atoms with van der Waals surface area (Å²) in [6, 6.07) is 10.8. The number of fused-ring (bicyclic) bond motifs is 2. The van der Waals surface area contributed by atoms with Gasteiger partial charge in [-0.25, -0.2) is 4.79 Å². The van der Waals surface area contributed by atoms with Gasteiger partial charge in [-0.05, 0) is 49.4 Å². The highest BCUT2D eigenvalue weighted by atomic mass is 35.5. The number of rotatable bonds is 5. The molecule has 0 atom stereocenters. The lowest BCUT2D eigenvalue weighted by molar-refractivity contribution is -0.119. The SMILES string of the molecule is COc1cc(Cl)c(C)cc1NC(=O)COC(=O)c1c2c(nc3ccccc13)CCC2. The van der Waals surface area contributed by atoms with Gasteiger partial charge >= 0.3 is 5.97 Å². The van der Waals surface area contributed by atoms with Crippen molar-refractivity contribution in [1.82, 2.24) is 4.98 Å². The zero-order chi connectivity index (χ0) is 21.3. The molecule has 1 aromatic heterocycles. The second kappa shape index (κ2) is 8.32. The molecule has 1 N–H and O–H groups in total. The first kappa shape index (κ1) is 20.2. The largest absolute Gasteiger partial charge is 0.495 e. The number of nitrogens with zero attached hydrogens (tertiary/aromatic N) is 1. The Morgan fingerprint density at radius 3 is 2.80 bits per heavy atom. The molecule has 1 amide bonds. The summed E-state index contributed by atoms with van der Waals surface area (Å²) >= 11 is 6.10. The molecular formula is C23H21ClN2O4. The molecule has 0 aliphatic heterocycles. The lowest BCUT2D eigenvalue weighted by Crippen LogP contribution is -2.22. The number of para-hydroxylation sites is 1. The van der Waals surface area contributed by atoms with E-state index in [1.54, 1.807) is 12.1 Å². The van der Waals surface area contributed by atoms with Gasteiger partial charge in [-0.1, -0.05) is 29.8 Å². The van der Waals surface area contributed by atoms with Gasteiger partial charge in [0.15, 0.2) is 6.61 Å². The van der Waals surface area contributed by atoms with Crippen LogP contribution >= 0.6 is 11.6 Å². The van der Waals surface area contributed by atoms with Gasteiger partial charge < -0.3 is 14.8 Å². The molecule has 0 fully saturated rings. The maximum Gasteiger partial charge on any atom is 0.339 e. The summed E-state index contributed by atoms with van der Waals surface area (Å²) in [6.45, 7) is 1.42. The summed E-state index contributed by atoms with van der Waals surface area (Å²) in [4.78, 5) is 30.0. The number of carbonyl (C=O) groups is 2. The molecule has 0 spiro atoms. The number of aromatic nitrogens is 1. The first-order valence-electron chi connectivity index (χ1n) is 9.69. The van der Waals surface area contributed by atoms with E-state index in [4.69, 9.17) is 21.1 Å². The number of esters is 1. The number of benzene rings is 2. The Labute approximate surface area is 179 Å². The molecule has 0 bridgehead atoms. The van der Waals surface area contributed by atoms with Crippen LogP contribution in [0.25, 0.3) is 10.9 Å². The number of methoxy groups -OCH3 is 1. The fourth-order valence-corrected chi connectivity index (χ4v) is 3.92. The minimum atomic E-state index is -0.513. The molecule has 2 aromatic carbocycles. The van der Waals surface area contributed by atoms with Crippen molar-refractivity contribution >= 4 is 40.1 Å². The van der Waals surface area contributed by atoms with Crippen molar-refractivity contribution in [3.05, 3.63) is 63.8 Å². The number of anilines is 1. The standard InChI is InChI=1S/C23H21ClN2O4/c1-13-10-19(20(29-2)11-16(13)24)26-21(27)12-30-23(28)22-14-6-3-4-8-17(14)25-18-9-5-7-15(18)22/h3-4,6,8,10-11H,5,7,9,12H2,1-2H3,(H,26,27). The molecule has 1 heterocycles. The fourth-order valence-electron chi connectivity index (χ4n) is 3.76. The van der Waals surface area contributed by atoms with E-state index in [9.17, 15) is 9.59 Å². The van der Waals surface area contributed by atoms with Gasteiger partial charge in [0, 0.05) is 22.2 Å². The van der Waals surface area contributed by atoms with Gasteiger partial charge in [-0.2, -0.15) is 0 Å². The van der Waals surface area contributed by atoms with E-state index in [1.165, 1.54) is 7.11 Å². The summed E-state index contributed by atoms with van der Waals surface area (Å²) in [5.74, 6) is -0.539. The molecule has 0 unspecified atom stereocenters. The van der Waals surface area contributed by atoms with Crippen LogP contribution in [0.4, 0.5) is 5.69 Å². The second-order valence-electron chi connectivity index (χ2n) is 7.21. The normalized spacial score (nSPS) is 12.5. The van der Waals surface area contributed by atoms with Crippen molar-refractivity contribution < 1.29 is 19.1 Å². The van der Waals surface area contributed by atoms with E-state index in [-0.39, 0.29) is 0 Å².